The lowest BCUT2D eigenvalue weighted by atomic mass is 10.0. The van der Waals surface area contributed by atoms with E-state index in [2.05, 4.69) is 35.2 Å². The third-order valence-corrected chi connectivity index (χ3v) is 3.67. The van der Waals surface area contributed by atoms with Crippen molar-refractivity contribution in [3.8, 4) is 11.8 Å². The molecule has 1 fully saturated rings. The second-order valence-corrected chi connectivity index (χ2v) is 4.96. The van der Waals surface area contributed by atoms with E-state index in [0.717, 1.165) is 25.3 Å². The third-order valence-electron chi connectivity index (χ3n) is 3.67. The molecule has 3 nitrogen and oxygen atoms in total. The van der Waals surface area contributed by atoms with Crippen LogP contribution < -0.4 is 4.74 Å². The quantitative estimate of drug-likeness (QED) is 0.732. The summed E-state index contributed by atoms with van der Waals surface area (Å²) in [5.74, 6) is 0.945. The summed E-state index contributed by atoms with van der Waals surface area (Å²) in [5, 5.41) is 8.62. The second-order valence-electron chi connectivity index (χ2n) is 4.96. The van der Waals surface area contributed by atoms with Gasteiger partial charge in [-0.15, -0.1) is 0 Å². The van der Waals surface area contributed by atoms with Crippen molar-refractivity contribution in [3.05, 3.63) is 29.8 Å². The Morgan fingerprint density at radius 1 is 1.37 bits per heavy atom. The van der Waals surface area contributed by atoms with Gasteiger partial charge in [0.1, 0.15) is 5.75 Å². The first-order valence-corrected chi connectivity index (χ1v) is 7.19. The van der Waals surface area contributed by atoms with Gasteiger partial charge in [0.2, 0.25) is 0 Å². The molecule has 1 aromatic carbocycles. The summed E-state index contributed by atoms with van der Waals surface area (Å²) in [6.07, 6.45) is 4.11. The molecule has 19 heavy (non-hydrogen) atoms. The average molecular weight is 258 g/mol. The highest BCUT2D eigenvalue weighted by molar-refractivity contribution is 5.29. The summed E-state index contributed by atoms with van der Waals surface area (Å²) in [6.45, 7) is 4.90. The molecular weight excluding hydrogens is 236 g/mol. The van der Waals surface area contributed by atoms with Gasteiger partial charge in [-0.05, 0) is 57.0 Å². The van der Waals surface area contributed by atoms with Crippen molar-refractivity contribution in [2.75, 3.05) is 19.7 Å². The van der Waals surface area contributed by atoms with Crippen LogP contribution in [-0.4, -0.2) is 24.6 Å². The maximum Gasteiger partial charge on any atom is 0.119 e. The average Bonchev–Trinajstić information content (AvgIpc) is 2.89. The largest absolute Gasteiger partial charge is 0.494 e. The number of likely N-dealkylation sites (tertiary alicyclic amines) is 1. The minimum atomic E-state index is 0.523. The molecule has 0 N–H and O–H groups in total. The van der Waals surface area contributed by atoms with Gasteiger partial charge >= 0.3 is 0 Å². The van der Waals surface area contributed by atoms with Crippen molar-refractivity contribution in [3.63, 3.8) is 0 Å². The number of hydrogen-bond donors (Lipinski definition) is 0. The topological polar surface area (TPSA) is 36.3 Å². The molecule has 1 saturated heterocycles. The van der Waals surface area contributed by atoms with Crippen LogP contribution in [-0.2, 0) is 0 Å². The van der Waals surface area contributed by atoms with Crippen LogP contribution in [0.25, 0.3) is 0 Å². The summed E-state index contributed by atoms with van der Waals surface area (Å²) in [6, 6.07) is 11.2. The van der Waals surface area contributed by atoms with Crippen molar-refractivity contribution in [2.45, 2.75) is 38.6 Å². The van der Waals surface area contributed by atoms with Crippen LogP contribution in [0.15, 0.2) is 24.3 Å². The lowest BCUT2D eigenvalue weighted by molar-refractivity contribution is 0.255. The van der Waals surface area contributed by atoms with Gasteiger partial charge in [0.15, 0.2) is 0 Å². The molecule has 1 heterocycles. The lowest BCUT2D eigenvalue weighted by Gasteiger charge is -2.24. The summed E-state index contributed by atoms with van der Waals surface area (Å²) < 4.78 is 5.48. The fraction of sp³-hybridized carbons (Fsp3) is 0.562. The molecule has 0 radical (unpaired) electrons. The number of benzene rings is 1. The van der Waals surface area contributed by atoms with E-state index < -0.39 is 0 Å². The zero-order valence-electron chi connectivity index (χ0n) is 11.6. The molecule has 0 unspecified atom stereocenters. The molecule has 3 heteroatoms. The lowest BCUT2D eigenvalue weighted by Crippen LogP contribution is -2.24. The first-order chi connectivity index (χ1) is 9.35. The minimum absolute atomic E-state index is 0.523. The molecule has 1 aliphatic heterocycles. The minimum Gasteiger partial charge on any atom is -0.494 e. The molecule has 0 aromatic heterocycles. The zero-order chi connectivity index (χ0) is 13.5. The van der Waals surface area contributed by atoms with E-state index in [1.54, 1.807) is 0 Å². The van der Waals surface area contributed by atoms with Gasteiger partial charge in [0.05, 0.1) is 12.7 Å². The second kappa shape index (κ2) is 7.16. The Balaban J connectivity index is 1.97. The van der Waals surface area contributed by atoms with Crippen LogP contribution in [0.2, 0.25) is 0 Å². The van der Waals surface area contributed by atoms with Crippen LogP contribution >= 0.6 is 0 Å². The van der Waals surface area contributed by atoms with Crippen LogP contribution in [0.5, 0.6) is 5.75 Å². The molecule has 2 rings (SSSR count). The highest BCUT2D eigenvalue weighted by Crippen LogP contribution is 2.32. The monoisotopic (exact) mass is 258 g/mol. The summed E-state index contributed by atoms with van der Waals surface area (Å²) in [7, 11) is 0. The molecule has 1 aromatic rings. The van der Waals surface area contributed by atoms with Gasteiger partial charge in [-0.25, -0.2) is 0 Å². The van der Waals surface area contributed by atoms with Crippen LogP contribution in [0, 0.1) is 11.3 Å². The number of rotatable bonds is 6. The van der Waals surface area contributed by atoms with Crippen molar-refractivity contribution < 1.29 is 4.74 Å². The van der Waals surface area contributed by atoms with Gasteiger partial charge < -0.3 is 4.74 Å². The smallest absolute Gasteiger partial charge is 0.119 e. The molecular formula is C16H22N2O. The molecule has 0 bridgehead atoms. The molecule has 1 aliphatic rings. The molecule has 0 spiro atoms. The molecule has 0 amide bonds. The van der Waals surface area contributed by atoms with E-state index in [4.69, 9.17) is 10.00 Å². The van der Waals surface area contributed by atoms with E-state index in [-0.39, 0.29) is 0 Å². The van der Waals surface area contributed by atoms with Gasteiger partial charge in [-0.3, -0.25) is 4.90 Å². The van der Waals surface area contributed by atoms with Crippen molar-refractivity contribution >= 4 is 0 Å². The first-order valence-electron chi connectivity index (χ1n) is 7.19. The Bertz CT molecular complexity index is 421. The Kier molecular flexibility index (Phi) is 5.23. The number of hydrogen-bond acceptors (Lipinski definition) is 3. The van der Waals surface area contributed by atoms with E-state index in [0.29, 0.717) is 19.1 Å². The number of nitrogens with zero attached hydrogens (tertiary/aromatic N) is 2. The summed E-state index contributed by atoms with van der Waals surface area (Å²) >= 11 is 0. The number of unbranched alkanes of at least 4 members (excludes halogenated alkanes) is 1. The van der Waals surface area contributed by atoms with Gasteiger partial charge in [0.25, 0.3) is 0 Å². The molecule has 0 aliphatic carbocycles. The van der Waals surface area contributed by atoms with E-state index in [1.807, 2.05) is 6.92 Å². The van der Waals surface area contributed by atoms with E-state index in [1.165, 1.54) is 18.4 Å². The summed E-state index contributed by atoms with van der Waals surface area (Å²) in [5.41, 5.74) is 1.37. The van der Waals surface area contributed by atoms with Crippen LogP contribution in [0.3, 0.4) is 0 Å². The van der Waals surface area contributed by atoms with Crippen LogP contribution in [0.1, 0.15) is 44.2 Å². The Morgan fingerprint density at radius 3 is 2.84 bits per heavy atom. The van der Waals surface area contributed by atoms with Crippen LogP contribution in [0.4, 0.5) is 0 Å². The Morgan fingerprint density at radius 2 is 2.16 bits per heavy atom. The zero-order valence-corrected chi connectivity index (χ0v) is 11.6. The highest BCUT2D eigenvalue weighted by Gasteiger charge is 2.25. The Labute approximate surface area is 115 Å². The normalized spacial score (nSPS) is 19.3. The fourth-order valence-corrected chi connectivity index (χ4v) is 2.79. The standard InChI is InChI=1S/C16H22N2O/c1-2-19-15-9-7-14(8-10-15)16-6-5-13-18(16)12-4-3-11-17/h7-10,16H,2-6,12-13H2,1H3/t16-/m1/s1. The molecule has 0 saturated carbocycles. The maximum atomic E-state index is 8.62. The van der Waals surface area contributed by atoms with E-state index >= 15 is 0 Å². The SMILES string of the molecule is CCOc1ccc([C@H]2CCCN2CCCC#N)cc1. The fourth-order valence-electron chi connectivity index (χ4n) is 2.79. The third kappa shape index (κ3) is 3.71. The number of ether oxygens (including phenoxy) is 1. The van der Waals surface area contributed by atoms with Gasteiger partial charge in [-0.2, -0.15) is 5.26 Å². The summed E-state index contributed by atoms with van der Waals surface area (Å²) in [4.78, 5) is 2.51. The van der Waals surface area contributed by atoms with Crippen molar-refractivity contribution in [2.24, 2.45) is 0 Å². The first kappa shape index (κ1) is 13.9. The van der Waals surface area contributed by atoms with Crippen molar-refractivity contribution in [1.82, 2.24) is 4.90 Å². The maximum absolute atomic E-state index is 8.62. The molecule has 102 valence electrons. The van der Waals surface area contributed by atoms with Gasteiger partial charge in [-0.1, -0.05) is 12.1 Å². The highest BCUT2D eigenvalue weighted by atomic mass is 16.5. The molecule has 1 atom stereocenters. The predicted molar refractivity (Wildman–Crippen MR) is 76.0 cm³/mol. The predicted octanol–water partition coefficient (Wildman–Crippen LogP) is 3.53. The van der Waals surface area contributed by atoms with E-state index in [9.17, 15) is 0 Å². The van der Waals surface area contributed by atoms with Gasteiger partial charge in [0, 0.05) is 12.5 Å². The van der Waals surface area contributed by atoms with Crippen molar-refractivity contribution in [1.29, 1.82) is 5.26 Å². The Hall–Kier alpha value is -1.53. The number of nitriles is 1.